The zero-order valence-electron chi connectivity index (χ0n) is 18.1. The van der Waals surface area contributed by atoms with Crippen LogP contribution in [0, 0.1) is 5.41 Å². The van der Waals surface area contributed by atoms with Crippen LogP contribution < -0.4 is 5.32 Å². The smallest absolute Gasteiger partial charge is 0.251 e. The van der Waals surface area contributed by atoms with Crippen LogP contribution in [0.3, 0.4) is 0 Å². The number of carbonyl (C=O) groups excluding carboxylic acids is 2. The fourth-order valence-electron chi connectivity index (χ4n) is 4.41. The van der Waals surface area contributed by atoms with Gasteiger partial charge >= 0.3 is 0 Å². The second-order valence-electron chi connectivity index (χ2n) is 9.62. The zero-order valence-corrected chi connectivity index (χ0v) is 18.1. The predicted octanol–water partition coefficient (Wildman–Crippen LogP) is 5.89. The van der Waals surface area contributed by atoms with Crippen LogP contribution in [-0.4, -0.2) is 17.2 Å². The molecule has 1 unspecified atom stereocenters. The third-order valence-corrected chi connectivity index (χ3v) is 5.95. The van der Waals surface area contributed by atoms with Gasteiger partial charge in [0.25, 0.3) is 5.91 Å². The second kappa shape index (κ2) is 8.52. The van der Waals surface area contributed by atoms with E-state index in [9.17, 15) is 9.59 Å². The summed E-state index contributed by atoms with van der Waals surface area (Å²) in [6, 6.07) is 17.5. The first-order valence-corrected chi connectivity index (χ1v) is 10.7. The Kier molecular flexibility index (Phi) is 6.26. The summed E-state index contributed by atoms with van der Waals surface area (Å²) in [6.07, 6.45) is 5.23. The van der Waals surface area contributed by atoms with Gasteiger partial charge in [-0.25, -0.2) is 0 Å². The average Bonchev–Trinajstić information content (AvgIpc) is 2.68. The molecular formula is C26H33NO2. The van der Waals surface area contributed by atoms with E-state index in [4.69, 9.17) is 0 Å². The molecule has 0 aromatic heterocycles. The first kappa shape index (κ1) is 21.3. The molecule has 29 heavy (non-hydrogen) atoms. The largest absolute Gasteiger partial charge is 0.347 e. The summed E-state index contributed by atoms with van der Waals surface area (Å²) in [5, 5.41) is 3.06. The fourth-order valence-corrected chi connectivity index (χ4v) is 4.41. The number of hydrogen-bond acceptors (Lipinski definition) is 2. The highest BCUT2D eigenvalue weighted by Gasteiger charge is 2.40. The average molecular weight is 392 g/mol. The van der Waals surface area contributed by atoms with E-state index in [0.29, 0.717) is 5.56 Å². The van der Waals surface area contributed by atoms with Gasteiger partial charge in [-0.3, -0.25) is 9.59 Å². The quantitative estimate of drug-likeness (QED) is 0.691. The van der Waals surface area contributed by atoms with E-state index in [1.54, 1.807) is 0 Å². The molecule has 1 fully saturated rings. The lowest BCUT2D eigenvalue weighted by Crippen LogP contribution is -2.41. The van der Waals surface area contributed by atoms with Crippen molar-refractivity contribution in [3.05, 3.63) is 71.3 Å². The molecule has 1 saturated carbocycles. The zero-order chi connectivity index (χ0) is 21.1. The molecule has 0 spiro atoms. The van der Waals surface area contributed by atoms with E-state index in [1.165, 1.54) is 6.42 Å². The molecule has 3 heteroatoms. The number of hydrogen-bond donors (Lipinski definition) is 1. The van der Waals surface area contributed by atoms with Crippen molar-refractivity contribution in [1.29, 1.82) is 0 Å². The van der Waals surface area contributed by atoms with Gasteiger partial charge in [-0.1, -0.05) is 74.7 Å². The molecule has 0 saturated heterocycles. The van der Waals surface area contributed by atoms with Crippen molar-refractivity contribution in [3.8, 4) is 0 Å². The Balaban J connectivity index is 2.09. The van der Waals surface area contributed by atoms with Crippen molar-refractivity contribution in [2.45, 2.75) is 71.3 Å². The number of carbonyl (C=O) groups is 2. The van der Waals surface area contributed by atoms with E-state index in [0.717, 1.165) is 36.8 Å². The van der Waals surface area contributed by atoms with Gasteiger partial charge in [0, 0.05) is 16.5 Å². The second-order valence-corrected chi connectivity index (χ2v) is 9.62. The van der Waals surface area contributed by atoms with Crippen LogP contribution in [0.15, 0.2) is 54.6 Å². The van der Waals surface area contributed by atoms with Gasteiger partial charge in [0.15, 0.2) is 5.78 Å². The monoisotopic (exact) mass is 391 g/mol. The molecule has 154 valence electrons. The van der Waals surface area contributed by atoms with Crippen LogP contribution >= 0.6 is 0 Å². The van der Waals surface area contributed by atoms with Gasteiger partial charge in [-0.15, -0.1) is 0 Å². The number of amides is 1. The molecule has 1 atom stereocenters. The number of nitrogens with one attached hydrogen (secondary N) is 1. The molecule has 1 amide bonds. The van der Waals surface area contributed by atoms with Crippen LogP contribution in [0.2, 0.25) is 0 Å². The highest BCUT2D eigenvalue weighted by molar-refractivity contribution is 6.01. The van der Waals surface area contributed by atoms with Crippen LogP contribution in [0.25, 0.3) is 0 Å². The van der Waals surface area contributed by atoms with Crippen molar-refractivity contribution in [2.24, 2.45) is 5.41 Å². The van der Waals surface area contributed by atoms with Crippen molar-refractivity contribution in [3.63, 3.8) is 0 Å². The van der Waals surface area contributed by atoms with Gasteiger partial charge < -0.3 is 5.32 Å². The van der Waals surface area contributed by atoms with Gasteiger partial charge in [0.05, 0.1) is 5.92 Å². The lowest BCUT2D eigenvalue weighted by Gasteiger charge is -2.36. The number of rotatable bonds is 5. The topological polar surface area (TPSA) is 46.2 Å². The fraction of sp³-hybridized carbons (Fsp3) is 0.462. The number of ketones is 1. The molecule has 0 aliphatic heterocycles. The number of Topliss-reactive ketones (excluding diaryl/α,β-unsaturated/α-hetero) is 1. The Labute approximate surface area is 174 Å². The van der Waals surface area contributed by atoms with Gasteiger partial charge in [-0.05, 0) is 50.8 Å². The summed E-state index contributed by atoms with van der Waals surface area (Å²) in [6.45, 7) is 8.02. The van der Waals surface area contributed by atoms with E-state index < -0.39 is 5.92 Å². The first-order chi connectivity index (χ1) is 13.7. The summed E-state index contributed by atoms with van der Waals surface area (Å²) < 4.78 is 0. The summed E-state index contributed by atoms with van der Waals surface area (Å²) in [5.74, 6) is -0.323. The van der Waals surface area contributed by atoms with Crippen molar-refractivity contribution < 1.29 is 9.59 Å². The third kappa shape index (κ3) is 4.95. The molecule has 0 heterocycles. The summed E-state index contributed by atoms with van der Waals surface area (Å²) in [5.41, 5.74) is 1.67. The minimum absolute atomic E-state index is 0.129. The Bertz CT molecular complexity index is 858. The SMILES string of the molecule is CC(C)(C)NC(=O)c1ccccc1C(C(=O)C1(C)CCCCC1)c1ccccc1. The first-order valence-electron chi connectivity index (χ1n) is 10.7. The van der Waals surface area contributed by atoms with Crippen LogP contribution in [0.4, 0.5) is 0 Å². The van der Waals surface area contributed by atoms with E-state index in [1.807, 2.05) is 75.4 Å². The maximum atomic E-state index is 13.9. The maximum Gasteiger partial charge on any atom is 0.251 e. The van der Waals surface area contributed by atoms with Crippen molar-refractivity contribution in [1.82, 2.24) is 5.32 Å². The van der Waals surface area contributed by atoms with Gasteiger partial charge in [0.2, 0.25) is 0 Å². The normalized spacial score (nSPS) is 17.4. The highest BCUT2D eigenvalue weighted by Crippen LogP contribution is 2.43. The van der Waals surface area contributed by atoms with Crippen molar-refractivity contribution in [2.75, 3.05) is 0 Å². The molecule has 1 N–H and O–H groups in total. The Morgan fingerprint density at radius 1 is 0.897 bits per heavy atom. The van der Waals surface area contributed by atoms with E-state index in [-0.39, 0.29) is 22.6 Å². The Hall–Kier alpha value is -2.42. The molecule has 0 bridgehead atoms. The van der Waals surface area contributed by atoms with Gasteiger partial charge in [-0.2, -0.15) is 0 Å². The van der Waals surface area contributed by atoms with Crippen LogP contribution in [0.5, 0.6) is 0 Å². The molecular weight excluding hydrogens is 358 g/mol. The summed E-state index contributed by atoms with van der Waals surface area (Å²) in [7, 11) is 0. The Morgan fingerprint density at radius 3 is 2.10 bits per heavy atom. The van der Waals surface area contributed by atoms with Crippen LogP contribution in [0.1, 0.15) is 87.2 Å². The maximum absolute atomic E-state index is 13.9. The lowest BCUT2D eigenvalue weighted by atomic mass is 9.66. The molecule has 2 aromatic rings. The predicted molar refractivity (Wildman–Crippen MR) is 118 cm³/mol. The molecule has 1 aliphatic rings. The Morgan fingerprint density at radius 2 is 1.48 bits per heavy atom. The molecule has 3 rings (SSSR count). The molecule has 3 nitrogen and oxygen atoms in total. The van der Waals surface area contributed by atoms with Gasteiger partial charge in [0.1, 0.15) is 0 Å². The van der Waals surface area contributed by atoms with Crippen molar-refractivity contribution >= 4 is 11.7 Å². The molecule has 0 radical (unpaired) electrons. The summed E-state index contributed by atoms with van der Waals surface area (Å²) >= 11 is 0. The van der Waals surface area contributed by atoms with E-state index >= 15 is 0 Å². The lowest BCUT2D eigenvalue weighted by molar-refractivity contribution is -0.130. The minimum atomic E-state index is -0.429. The van der Waals surface area contributed by atoms with E-state index in [2.05, 4.69) is 12.2 Å². The summed E-state index contributed by atoms with van der Waals surface area (Å²) in [4.78, 5) is 27.0. The molecule has 2 aromatic carbocycles. The highest BCUT2D eigenvalue weighted by atomic mass is 16.2. The third-order valence-electron chi connectivity index (χ3n) is 5.95. The molecule has 1 aliphatic carbocycles. The van der Waals surface area contributed by atoms with Crippen LogP contribution in [-0.2, 0) is 4.79 Å². The standard InChI is InChI=1S/C26H33NO2/c1-25(2,3)27-24(29)21-16-10-9-15-20(21)22(19-13-7-5-8-14-19)23(28)26(4)17-11-6-12-18-26/h5,7-10,13-16,22H,6,11-12,17-18H2,1-4H3,(H,27,29). The minimum Gasteiger partial charge on any atom is -0.347 e. The number of benzene rings is 2.